The van der Waals surface area contributed by atoms with Gasteiger partial charge in [0.1, 0.15) is 12.0 Å². The van der Waals surface area contributed by atoms with Crippen LogP contribution in [0.5, 0.6) is 0 Å². The van der Waals surface area contributed by atoms with Gasteiger partial charge in [0, 0.05) is 5.69 Å². The summed E-state index contributed by atoms with van der Waals surface area (Å²) in [4.78, 5) is 11.5. The van der Waals surface area contributed by atoms with Gasteiger partial charge in [-0.25, -0.2) is 0 Å². The molecular formula is C10H10N2OS. The van der Waals surface area contributed by atoms with E-state index in [4.69, 9.17) is 0 Å². The van der Waals surface area contributed by atoms with Crippen LogP contribution in [0.4, 0.5) is 0 Å². The fraction of sp³-hybridized carbons (Fsp3) is 0.200. The summed E-state index contributed by atoms with van der Waals surface area (Å²) in [6, 6.07) is 6.01. The van der Waals surface area contributed by atoms with E-state index in [0.717, 1.165) is 22.6 Å². The molecular weight excluding hydrogens is 196 g/mol. The van der Waals surface area contributed by atoms with E-state index >= 15 is 0 Å². The van der Waals surface area contributed by atoms with E-state index in [0.29, 0.717) is 6.54 Å². The predicted molar refractivity (Wildman–Crippen MR) is 56.3 cm³/mol. The van der Waals surface area contributed by atoms with Gasteiger partial charge < -0.3 is 4.79 Å². The van der Waals surface area contributed by atoms with E-state index in [-0.39, 0.29) is 0 Å². The molecule has 2 heterocycles. The smallest absolute Gasteiger partial charge is 0.141 e. The SMILES string of the molecule is Cc1cc(-c2cccs2)nn1CC=O. The van der Waals surface area contributed by atoms with Gasteiger partial charge >= 0.3 is 0 Å². The number of hydrogen-bond acceptors (Lipinski definition) is 3. The zero-order chi connectivity index (χ0) is 9.97. The van der Waals surface area contributed by atoms with Crippen LogP contribution in [0.1, 0.15) is 5.69 Å². The van der Waals surface area contributed by atoms with Crippen LogP contribution in [0.25, 0.3) is 10.6 Å². The van der Waals surface area contributed by atoms with Crippen molar-refractivity contribution in [2.45, 2.75) is 13.5 Å². The van der Waals surface area contributed by atoms with Crippen molar-refractivity contribution in [2.24, 2.45) is 0 Å². The monoisotopic (exact) mass is 206 g/mol. The second-order valence-corrected chi connectivity index (χ2v) is 3.94. The molecule has 4 heteroatoms. The standard InChI is InChI=1S/C10H10N2OS/c1-8-7-9(10-3-2-6-14-10)11-12(8)4-5-13/h2-3,5-7H,4H2,1H3. The van der Waals surface area contributed by atoms with E-state index < -0.39 is 0 Å². The van der Waals surface area contributed by atoms with Gasteiger partial charge in [-0.05, 0) is 24.4 Å². The summed E-state index contributed by atoms with van der Waals surface area (Å²) in [5.41, 5.74) is 1.96. The van der Waals surface area contributed by atoms with Crippen LogP contribution in [0.2, 0.25) is 0 Å². The van der Waals surface area contributed by atoms with Crippen LogP contribution >= 0.6 is 11.3 Å². The second-order valence-electron chi connectivity index (χ2n) is 3.00. The normalized spacial score (nSPS) is 10.4. The fourth-order valence-electron chi connectivity index (χ4n) is 1.31. The second kappa shape index (κ2) is 3.75. The van der Waals surface area contributed by atoms with Crippen LogP contribution in [-0.2, 0) is 11.3 Å². The maximum atomic E-state index is 10.4. The van der Waals surface area contributed by atoms with Gasteiger partial charge in [0.15, 0.2) is 0 Å². The molecule has 0 saturated heterocycles. The van der Waals surface area contributed by atoms with Crippen molar-refractivity contribution in [3.63, 3.8) is 0 Å². The summed E-state index contributed by atoms with van der Waals surface area (Å²) in [5.74, 6) is 0. The van der Waals surface area contributed by atoms with Crippen molar-refractivity contribution in [3.8, 4) is 10.6 Å². The van der Waals surface area contributed by atoms with Crippen LogP contribution < -0.4 is 0 Å². The molecule has 0 aliphatic heterocycles. The Balaban J connectivity index is 2.37. The van der Waals surface area contributed by atoms with Gasteiger partial charge in [-0.15, -0.1) is 11.3 Å². The molecule has 0 unspecified atom stereocenters. The van der Waals surface area contributed by atoms with Crippen LogP contribution in [0.15, 0.2) is 23.6 Å². The van der Waals surface area contributed by atoms with Crippen molar-refractivity contribution in [1.82, 2.24) is 9.78 Å². The third-order valence-corrected chi connectivity index (χ3v) is 2.89. The van der Waals surface area contributed by atoms with Gasteiger partial charge in [0.25, 0.3) is 0 Å². The number of thiophene rings is 1. The number of aryl methyl sites for hydroxylation is 1. The first-order valence-corrected chi connectivity index (χ1v) is 5.21. The number of aldehydes is 1. The van der Waals surface area contributed by atoms with Crippen LogP contribution in [0, 0.1) is 6.92 Å². The number of carbonyl (C=O) groups excluding carboxylic acids is 1. The molecule has 0 amide bonds. The van der Waals surface area contributed by atoms with Crippen molar-refractivity contribution >= 4 is 17.6 Å². The molecule has 2 aromatic heterocycles. The van der Waals surface area contributed by atoms with Crippen molar-refractivity contribution < 1.29 is 4.79 Å². The highest BCUT2D eigenvalue weighted by Crippen LogP contribution is 2.23. The molecule has 2 rings (SSSR count). The molecule has 14 heavy (non-hydrogen) atoms. The van der Waals surface area contributed by atoms with E-state index in [1.165, 1.54) is 0 Å². The highest BCUT2D eigenvalue weighted by Gasteiger charge is 2.06. The number of nitrogens with zero attached hydrogens (tertiary/aromatic N) is 2. The topological polar surface area (TPSA) is 34.9 Å². The summed E-state index contributed by atoms with van der Waals surface area (Å²) in [6.07, 6.45) is 0.859. The zero-order valence-electron chi connectivity index (χ0n) is 7.80. The summed E-state index contributed by atoms with van der Waals surface area (Å²) < 4.78 is 1.71. The van der Waals surface area contributed by atoms with E-state index in [9.17, 15) is 4.79 Å². The number of carbonyl (C=O) groups is 1. The summed E-state index contributed by atoms with van der Waals surface area (Å²) in [6.45, 7) is 2.28. The van der Waals surface area contributed by atoms with Crippen molar-refractivity contribution in [2.75, 3.05) is 0 Å². The van der Waals surface area contributed by atoms with E-state index in [1.54, 1.807) is 16.0 Å². The lowest BCUT2D eigenvalue weighted by atomic mass is 10.3. The summed E-state index contributed by atoms with van der Waals surface area (Å²) >= 11 is 1.65. The van der Waals surface area contributed by atoms with Gasteiger partial charge in [-0.3, -0.25) is 4.68 Å². The molecule has 3 nitrogen and oxygen atoms in total. The first kappa shape index (κ1) is 9.15. The molecule has 0 aliphatic carbocycles. The molecule has 2 aromatic rings. The van der Waals surface area contributed by atoms with Gasteiger partial charge in [-0.2, -0.15) is 5.10 Å². The average Bonchev–Trinajstić information content (AvgIpc) is 2.76. The van der Waals surface area contributed by atoms with Crippen LogP contribution in [-0.4, -0.2) is 16.1 Å². The molecule has 0 atom stereocenters. The zero-order valence-corrected chi connectivity index (χ0v) is 8.62. The Morgan fingerprint density at radius 3 is 3.14 bits per heavy atom. The highest BCUT2D eigenvalue weighted by molar-refractivity contribution is 7.13. The minimum Gasteiger partial charge on any atom is -0.301 e. The third-order valence-electron chi connectivity index (χ3n) is 2.00. The lowest BCUT2D eigenvalue weighted by Crippen LogP contribution is -2.02. The van der Waals surface area contributed by atoms with Gasteiger partial charge in [0.2, 0.25) is 0 Å². The lowest BCUT2D eigenvalue weighted by Gasteiger charge is -1.95. The Hall–Kier alpha value is -1.42. The quantitative estimate of drug-likeness (QED) is 0.721. The number of aromatic nitrogens is 2. The minimum absolute atomic E-state index is 0.331. The first-order chi connectivity index (χ1) is 6.81. The van der Waals surface area contributed by atoms with E-state index in [2.05, 4.69) is 5.10 Å². The third kappa shape index (κ3) is 1.61. The Kier molecular flexibility index (Phi) is 2.45. The van der Waals surface area contributed by atoms with Gasteiger partial charge in [-0.1, -0.05) is 6.07 Å². The molecule has 72 valence electrons. The average molecular weight is 206 g/mol. The number of hydrogen-bond donors (Lipinski definition) is 0. The number of rotatable bonds is 3. The molecule has 0 aliphatic rings. The molecule has 0 aromatic carbocycles. The van der Waals surface area contributed by atoms with E-state index in [1.807, 2.05) is 30.5 Å². The molecule has 0 bridgehead atoms. The Morgan fingerprint density at radius 2 is 2.50 bits per heavy atom. The van der Waals surface area contributed by atoms with Crippen molar-refractivity contribution in [1.29, 1.82) is 0 Å². The predicted octanol–water partition coefficient (Wildman–Crippen LogP) is 2.12. The maximum Gasteiger partial charge on any atom is 0.141 e. The molecule has 0 radical (unpaired) electrons. The van der Waals surface area contributed by atoms with Gasteiger partial charge in [0.05, 0.1) is 11.4 Å². The molecule has 0 spiro atoms. The summed E-state index contributed by atoms with van der Waals surface area (Å²) in [7, 11) is 0. The maximum absolute atomic E-state index is 10.4. The Labute approximate surface area is 86.0 Å². The fourth-order valence-corrected chi connectivity index (χ4v) is 1.99. The largest absolute Gasteiger partial charge is 0.301 e. The molecule has 0 fully saturated rings. The Bertz CT molecular complexity index is 431. The Morgan fingerprint density at radius 1 is 1.64 bits per heavy atom. The lowest BCUT2D eigenvalue weighted by molar-refractivity contribution is -0.108. The summed E-state index contributed by atoms with van der Waals surface area (Å²) in [5, 5.41) is 6.36. The first-order valence-electron chi connectivity index (χ1n) is 4.33. The molecule has 0 saturated carbocycles. The molecule has 0 N–H and O–H groups in total. The highest BCUT2D eigenvalue weighted by atomic mass is 32.1. The van der Waals surface area contributed by atoms with Crippen LogP contribution in [0.3, 0.4) is 0 Å². The minimum atomic E-state index is 0.331. The van der Waals surface area contributed by atoms with Crippen molar-refractivity contribution in [3.05, 3.63) is 29.3 Å².